The number of alkyl halides is 3. The van der Waals surface area contributed by atoms with Crippen molar-refractivity contribution in [1.29, 1.82) is 0 Å². The Kier molecular flexibility index (Phi) is 29.3. The van der Waals surface area contributed by atoms with Gasteiger partial charge in [-0.15, -0.1) is 0 Å². The number of primary amides is 1. The predicted molar refractivity (Wildman–Crippen MR) is 434 cm³/mol. The van der Waals surface area contributed by atoms with Crippen molar-refractivity contribution >= 4 is 87.6 Å². The Morgan fingerprint density at radius 1 is 0.722 bits per heavy atom. The zero-order valence-corrected chi connectivity index (χ0v) is 69.0. The zero-order chi connectivity index (χ0) is 91.4. The van der Waals surface area contributed by atoms with Crippen molar-refractivity contribution in [2.24, 2.45) is 11.7 Å². The van der Waals surface area contributed by atoms with E-state index in [2.05, 4.69) is 58.7 Å². The van der Waals surface area contributed by atoms with Crippen LogP contribution in [0.1, 0.15) is 127 Å². The largest absolute Gasteiger partial charge is 0.508 e. The number of phenolic OH excluding ortho intramolecular Hbond substituents is 1. The van der Waals surface area contributed by atoms with Crippen molar-refractivity contribution in [3.05, 3.63) is 187 Å². The number of anilines is 1. The van der Waals surface area contributed by atoms with Crippen LogP contribution >= 0.6 is 23.2 Å². The van der Waals surface area contributed by atoms with Crippen LogP contribution in [0, 0.1) is 11.7 Å². The lowest BCUT2D eigenvalue weighted by atomic mass is 9.83. The summed E-state index contributed by atoms with van der Waals surface area (Å²) in [5.41, 5.74) is 5.34. The quantitative estimate of drug-likeness (QED) is 0.0279. The normalized spacial score (nSPS) is 27.3. The van der Waals surface area contributed by atoms with Gasteiger partial charge in [-0.25, -0.2) is 9.82 Å². The maximum atomic E-state index is 16.3. The lowest BCUT2D eigenvalue weighted by Crippen LogP contribution is -2.65. The van der Waals surface area contributed by atoms with Crippen LogP contribution in [0.2, 0.25) is 10.0 Å². The fraction of sp³-hybridized carbons (Fsp3) is 0.410. The number of halogens is 6. The predicted octanol–water partition coefficient (Wildman–Crippen LogP) is 2.09. The minimum Gasteiger partial charge on any atom is -0.508 e. The number of likely N-dealkylation sites (N-methyl/N-ethyl adjacent to an activating group) is 1. The number of aliphatic hydroxyl groups excluding tert-OH is 9. The summed E-state index contributed by atoms with van der Waals surface area (Å²) in [5, 5.41) is 139. The molecule has 0 spiro atoms. The van der Waals surface area contributed by atoms with E-state index in [0.29, 0.717) is 17.7 Å². The van der Waals surface area contributed by atoms with Gasteiger partial charge in [-0.3, -0.25) is 48.6 Å². The van der Waals surface area contributed by atoms with E-state index in [9.17, 15) is 87.8 Å². The zero-order valence-electron chi connectivity index (χ0n) is 67.5. The number of nitrogens with two attached hydrogens (primary N) is 1. The molecular weight excluding hydrogens is 1710 g/mol. The Morgan fingerprint density at radius 2 is 1.36 bits per heavy atom. The van der Waals surface area contributed by atoms with Gasteiger partial charge in [0.25, 0.3) is 11.8 Å². The summed E-state index contributed by atoms with van der Waals surface area (Å²) in [4.78, 5) is 133. The Hall–Kier alpha value is -11.2. The highest BCUT2D eigenvalue weighted by Gasteiger charge is 2.53. The second kappa shape index (κ2) is 39.3. The van der Waals surface area contributed by atoms with E-state index in [4.69, 9.17) is 57.4 Å². The molecule has 676 valence electrons. The van der Waals surface area contributed by atoms with Gasteiger partial charge >= 0.3 is 6.18 Å². The maximum absolute atomic E-state index is 16.3. The number of hydrogen-bond acceptors (Lipinski definition) is 28. The Balaban J connectivity index is 1.00. The summed E-state index contributed by atoms with van der Waals surface area (Å²) in [5.74, 6) is -17.4. The first-order chi connectivity index (χ1) is 59.6. The molecular formula is C83H92Cl2F4N12O25. The van der Waals surface area contributed by atoms with Crippen LogP contribution in [0.4, 0.5) is 23.2 Å². The third kappa shape index (κ3) is 21.0. The number of aliphatic hydroxyl groups is 9. The number of fused-ring (bicyclic) bond motifs is 14. The number of allylic oxidation sites excluding steroid dienone is 1. The highest BCUT2D eigenvalue weighted by atomic mass is 35.5. The summed E-state index contributed by atoms with van der Waals surface area (Å²) < 4.78 is 93.7. The number of carbonyl (C=O) groups excluding carboxylic acids is 9. The Bertz CT molecular complexity index is 5230. The SMILES string of the molecule is CN[C@H](CC(C)C)C(=O)N[C@H]1C(=O)N[C@@H](CC(N)=O)C(=O)N[C@H]2C(=O)N[C@H]3C(=O)N[C@H](C(=O)N[C@@H](C(=O)NNCCO)C4=C(C(O)=CC(O)C4)c4cc3ccc4O)C(O)c3ccc(c(Cl)c3)Oc3cc2cc(c3O[C@@H]2O[C@H](CO)[C@@H](O)[C@H](O)[C@H]2O[C@H]2C[C@](C)(NCc3ccc(NC(=O)c4ccc(C(F)(F)F)c(F)c4)cc3)[C@H](O)[C@H](C)O2)Oc2ccc(cc2Cl)[C@H]1O. The summed E-state index contributed by atoms with van der Waals surface area (Å²) in [6, 6.07) is 5.36. The molecule has 19 atom stereocenters. The van der Waals surface area contributed by atoms with Gasteiger partial charge in [0.1, 0.15) is 95.6 Å². The first-order valence-electron chi connectivity index (χ1n) is 39.5. The van der Waals surface area contributed by atoms with Crippen molar-refractivity contribution < 1.29 is 140 Å². The van der Waals surface area contributed by atoms with E-state index in [0.717, 1.165) is 72.8 Å². The number of carbonyl (C=O) groups is 9. The highest BCUT2D eigenvalue weighted by Crippen LogP contribution is 2.50. The molecule has 43 heteroatoms. The van der Waals surface area contributed by atoms with Crippen LogP contribution in [0.15, 0.2) is 127 Å². The van der Waals surface area contributed by atoms with Crippen molar-refractivity contribution in [3.63, 3.8) is 0 Å². The number of amides is 9. The van der Waals surface area contributed by atoms with E-state index in [1.54, 1.807) is 32.9 Å². The van der Waals surface area contributed by atoms with Crippen LogP contribution in [-0.4, -0.2) is 222 Å². The molecule has 6 aromatic rings. The summed E-state index contributed by atoms with van der Waals surface area (Å²) in [6.07, 6.45) is -26.0. The van der Waals surface area contributed by atoms with Gasteiger partial charge < -0.3 is 133 Å². The van der Waals surface area contributed by atoms with Crippen LogP contribution in [-0.2, 0) is 65.3 Å². The lowest BCUT2D eigenvalue weighted by Gasteiger charge is -2.48. The minimum absolute atomic E-state index is 0.0341. The molecule has 8 aliphatic rings. The van der Waals surface area contributed by atoms with Crippen LogP contribution in [0.25, 0.3) is 5.57 Å². The van der Waals surface area contributed by atoms with Gasteiger partial charge in [0.15, 0.2) is 23.9 Å². The van der Waals surface area contributed by atoms with Crippen molar-refractivity contribution in [1.82, 2.24) is 53.4 Å². The van der Waals surface area contributed by atoms with E-state index < -0.39 is 285 Å². The van der Waals surface area contributed by atoms with Crippen LogP contribution in [0.3, 0.4) is 0 Å². The fourth-order valence-corrected chi connectivity index (χ4v) is 15.7. The highest BCUT2D eigenvalue weighted by molar-refractivity contribution is 6.32. The average molecular weight is 1800 g/mol. The number of ether oxygens (including phenoxy) is 6. The Labute approximate surface area is 724 Å². The van der Waals surface area contributed by atoms with Crippen LogP contribution < -0.4 is 78.6 Å². The molecule has 0 aromatic heterocycles. The molecule has 2 saturated heterocycles. The van der Waals surface area contributed by atoms with E-state index in [1.807, 2.05) is 0 Å². The Morgan fingerprint density at radius 3 is 1.97 bits per heavy atom. The van der Waals surface area contributed by atoms with Gasteiger partial charge in [0, 0.05) is 53.9 Å². The summed E-state index contributed by atoms with van der Waals surface area (Å²) >= 11 is 14.3. The third-order valence-corrected chi connectivity index (χ3v) is 22.5. The van der Waals surface area contributed by atoms with Gasteiger partial charge in [-0.2, -0.15) is 13.2 Å². The third-order valence-electron chi connectivity index (χ3n) is 21.9. The second-order valence-electron chi connectivity index (χ2n) is 31.4. The van der Waals surface area contributed by atoms with Gasteiger partial charge in [0.2, 0.25) is 53.4 Å². The molecule has 9 amide bonds. The van der Waals surface area contributed by atoms with Gasteiger partial charge in [-0.1, -0.05) is 67.4 Å². The van der Waals surface area contributed by atoms with Crippen LogP contribution in [0.5, 0.6) is 34.5 Å². The van der Waals surface area contributed by atoms with Crippen molar-refractivity contribution in [2.75, 3.05) is 32.1 Å². The number of phenols is 1. The number of rotatable bonds is 21. The topological polar surface area (TPSA) is 570 Å². The number of benzene rings is 6. The molecule has 2 unspecified atom stereocenters. The molecule has 14 rings (SSSR count). The average Bonchev–Trinajstić information content (AvgIpc) is 0.763. The molecule has 6 aromatic carbocycles. The molecule has 37 nitrogen and oxygen atoms in total. The fourth-order valence-electron chi connectivity index (χ4n) is 15.3. The monoisotopic (exact) mass is 1800 g/mol. The molecule has 11 bridgehead atoms. The second-order valence-corrected chi connectivity index (χ2v) is 32.2. The van der Waals surface area contributed by atoms with Crippen molar-refractivity contribution in [3.8, 4) is 34.5 Å². The van der Waals surface area contributed by atoms with E-state index in [-0.39, 0.29) is 59.8 Å². The summed E-state index contributed by atoms with van der Waals surface area (Å²) in [6.45, 7) is 4.79. The minimum atomic E-state index is -5.01. The first-order valence-corrected chi connectivity index (χ1v) is 40.3. The molecule has 23 N–H and O–H groups in total. The smallest absolute Gasteiger partial charge is 0.419 e. The lowest BCUT2D eigenvalue weighted by molar-refractivity contribution is -0.334. The molecule has 7 heterocycles. The number of nitrogens with one attached hydrogen (secondary N) is 11. The van der Waals surface area contributed by atoms with E-state index >= 15 is 24.0 Å². The van der Waals surface area contributed by atoms with Gasteiger partial charge in [0.05, 0.1) is 59.6 Å². The summed E-state index contributed by atoms with van der Waals surface area (Å²) in [7, 11) is 1.46. The molecule has 2 fully saturated rings. The van der Waals surface area contributed by atoms with E-state index in [1.165, 1.54) is 32.2 Å². The molecule has 0 saturated carbocycles. The maximum Gasteiger partial charge on any atom is 0.419 e. The molecule has 0 radical (unpaired) electrons. The molecule has 7 aliphatic heterocycles. The van der Waals surface area contributed by atoms with Crippen molar-refractivity contribution in [2.45, 2.75) is 181 Å². The first kappa shape index (κ1) is 93.9. The number of hydrogen-bond donors (Lipinski definition) is 22. The molecule has 1 aliphatic carbocycles. The molecule has 126 heavy (non-hydrogen) atoms. The number of hydrazine groups is 1. The number of aromatic hydroxyl groups is 1. The van der Waals surface area contributed by atoms with Gasteiger partial charge in [-0.05, 0) is 152 Å². The standard InChI is InChI=1S/C83H92Cl2F4N12O25/c1-33(2)20-49(91-5)74(114)99-64-66(108)37-10-16-53(46(84)22-37)122-55-25-40-26-56(70(55)126-81-71(69(111)68(110)57(32-103)124-81)125-59-30-82(4,72(112)34(3)121-59)92-31-35-6-12-41(13-7-35)94-73(113)39-8-14-45(48(86)24-39)83(87,88)89)123-54-17-11-38(23-47(54)85)67(109)65-79(119)98-63(80(120)101-93-18-19-102)44-27-42(104)28-52(106)60(44)43-21-36(9-15-51(43)105)61(76(116)100-65)97-77(117)62(40)96-75(115)50(29-58(90)107)95-78(64)118/h6-17,21-26,28,33-34,42,49-50,57,59,61-69,71-72,81,91-93,102-106,108-112H,18-20,27,29-32H2,1-5H3,(H2,90,107)(H,94,113)(H,95,118)(H,96,115)(H,97,117)(H,98,119)(H,99,114)(H,100,116)(H,101,120)/t34-,42?,49+,50-,57+,59-,61+,62+,63+,64+,65-,66+,67?,68+,69-,71+,72+,81-,82-/m0/s1.